The maximum atomic E-state index is 12.9. The number of hydrogen-bond donors (Lipinski definition) is 2. The van der Waals surface area contributed by atoms with Crippen LogP contribution < -0.4 is 5.32 Å². The van der Waals surface area contributed by atoms with Gasteiger partial charge < -0.3 is 10.2 Å². The van der Waals surface area contributed by atoms with Crippen molar-refractivity contribution in [2.45, 2.75) is 38.0 Å². The van der Waals surface area contributed by atoms with Crippen LogP contribution in [-0.2, 0) is 10.2 Å². The summed E-state index contributed by atoms with van der Waals surface area (Å²) in [7, 11) is 0. The second kappa shape index (κ2) is 7.59. The van der Waals surface area contributed by atoms with E-state index in [0.29, 0.717) is 23.7 Å². The van der Waals surface area contributed by atoms with Crippen molar-refractivity contribution in [1.82, 2.24) is 20.4 Å². The quantitative estimate of drug-likeness (QED) is 0.809. The molecule has 1 aliphatic carbocycles. The number of benzene rings is 1. The number of likely N-dealkylation sites (tertiary alicyclic amines) is 1. The molecule has 2 aliphatic rings. The number of nitrogens with zero attached hydrogens (tertiary/aromatic N) is 2. The summed E-state index contributed by atoms with van der Waals surface area (Å²) in [4.78, 5) is 27.5. The van der Waals surface area contributed by atoms with Gasteiger partial charge in [-0.2, -0.15) is 5.10 Å². The smallest absolute Gasteiger partial charge is 0.257 e. The third-order valence-corrected chi connectivity index (χ3v) is 6.25. The lowest BCUT2D eigenvalue weighted by molar-refractivity contribution is -0.123. The fourth-order valence-electron chi connectivity index (χ4n) is 4.10. The molecule has 1 atom stereocenters. The van der Waals surface area contributed by atoms with Crippen molar-refractivity contribution >= 4 is 23.4 Å². The molecule has 7 heteroatoms. The molecule has 28 heavy (non-hydrogen) atoms. The van der Waals surface area contributed by atoms with E-state index in [1.165, 1.54) is 0 Å². The highest BCUT2D eigenvalue weighted by Crippen LogP contribution is 2.48. The van der Waals surface area contributed by atoms with Gasteiger partial charge in [-0.25, -0.2) is 0 Å². The lowest BCUT2D eigenvalue weighted by atomic mass is 9.93. The zero-order valence-corrected chi connectivity index (χ0v) is 16.8. The summed E-state index contributed by atoms with van der Waals surface area (Å²) < 4.78 is 0. The molecule has 1 saturated carbocycles. The number of aromatic amines is 1. The van der Waals surface area contributed by atoms with Crippen LogP contribution in [0.15, 0.2) is 30.5 Å². The molecule has 2 N–H and O–H groups in total. The van der Waals surface area contributed by atoms with Crippen molar-refractivity contribution in [2.75, 3.05) is 19.6 Å². The first kappa shape index (κ1) is 19.0. The van der Waals surface area contributed by atoms with Crippen molar-refractivity contribution in [3.05, 3.63) is 52.3 Å². The number of H-pyrrole nitrogens is 1. The molecular formula is C21H25ClN4O2. The molecule has 4 rings (SSSR count). The molecule has 1 aliphatic heterocycles. The lowest BCUT2D eigenvalue weighted by Gasteiger charge is -2.33. The van der Waals surface area contributed by atoms with Crippen molar-refractivity contribution in [1.29, 1.82) is 0 Å². The number of hydrogen-bond acceptors (Lipinski definition) is 3. The maximum Gasteiger partial charge on any atom is 0.257 e. The summed E-state index contributed by atoms with van der Waals surface area (Å²) in [6.45, 7) is 3.87. The Labute approximate surface area is 169 Å². The highest BCUT2D eigenvalue weighted by molar-refractivity contribution is 6.30. The van der Waals surface area contributed by atoms with Crippen molar-refractivity contribution < 1.29 is 9.59 Å². The van der Waals surface area contributed by atoms with Gasteiger partial charge in [0.15, 0.2) is 0 Å². The molecule has 148 valence electrons. The predicted molar refractivity (Wildman–Crippen MR) is 107 cm³/mol. The molecule has 1 aromatic heterocycles. The number of rotatable bonds is 5. The Morgan fingerprint density at radius 2 is 2.07 bits per heavy atom. The van der Waals surface area contributed by atoms with E-state index < -0.39 is 5.41 Å². The van der Waals surface area contributed by atoms with E-state index in [9.17, 15) is 9.59 Å². The predicted octanol–water partition coefficient (Wildman–Crippen LogP) is 3.07. The number of nitrogens with one attached hydrogen (secondary N) is 2. The van der Waals surface area contributed by atoms with Gasteiger partial charge in [0.05, 0.1) is 17.2 Å². The van der Waals surface area contributed by atoms with Gasteiger partial charge in [0, 0.05) is 30.4 Å². The molecule has 0 spiro atoms. The first-order valence-electron chi connectivity index (χ1n) is 9.83. The third-order valence-electron chi connectivity index (χ3n) is 6.00. The van der Waals surface area contributed by atoms with E-state index in [2.05, 4.69) is 15.5 Å². The van der Waals surface area contributed by atoms with Gasteiger partial charge >= 0.3 is 0 Å². The summed E-state index contributed by atoms with van der Waals surface area (Å²) in [5.41, 5.74) is 2.05. The Morgan fingerprint density at radius 3 is 2.71 bits per heavy atom. The Balaban J connectivity index is 1.34. The molecule has 2 amide bonds. The van der Waals surface area contributed by atoms with Gasteiger partial charge in [-0.1, -0.05) is 23.7 Å². The van der Waals surface area contributed by atoms with Crippen LogP contribution in [0.5, 0.6) is 0 Å². The van der Waals surface area contributed by atoms with Crippen LogP contribution in [-0.4, -0.2) is 46.5 Å². The molecule has 2 fully saturated rings. The first-order chi connectivity index (χ1) is 13.5. The summed E-state index contributed by atoms with van der Waals surface area (Å²) >= 11 is 5.97. The Kier molecular flexibility index (Phi) is 5.15. The summed E-state index contributed by atoms with van der Waals surface area (Å²) in [6.07, 6.45) is 5.30. The molecular weight excluding hydrogens is 376 g/mol. The highest BCUT2D eigenvalue weighted by Gasteiger charge is 2.51. The van der Waals surface area contributed by atoms with Crippen LogP contribution in [0.4, 0.5) is 0 Å². The van der Waals surface area contributed by atoms with Gasteiger partial charge in [0.25, 0.3) is 5.91 Å². The molecule has 0 unspecified atom stereocenters. The summed E-state index contributed by atoms with van der Waals surface area (Å²) in [5, 5.41) is 10.6. The molecule has 2 aromatic rings. The number of piperidine rings is 1. The number of aromatic nitrogens is 2. The number of aryl methyl sites for hydroxylation is 1. The maximum absolute atomic E-state index is 12.9. The molecule has 1 saturated heterocycles. The normalized spacial score (nSPS) is 20.6. The zero-order valence-electron chi connectivity index (χ0n) is 16.0. The van der Waals surface area contributed by atoms with Crippen molar-refractivity contribution in [3.8, 4) is 0 Å². The number of amides is 2. The largest absolute Gasteiger partial charge is 0.355 e. The monoisotopic (exact) mass is 400 g/mol. The van der Waals surface area contributed by atoms with Gasteiger partial charge in [-0.3, -0.25) is 14.7 Å². The van der Waals surface area contributed by atoms with E-state index in [1.54, 1.807) is 6.20 Å². The molecule has 0 bridgehead atoms. The van der Waals surface area contributed by atoms with Crippen LogP contribution in [0, 0.1) is 12.8 Å². The Morgan fingerprint density at radius 1 is 1.32 bits per heavy atom. The van der Waals surface area contributed by atoms with E-state index >= 15 is 0 Å². The van der Waals surface area contributed by atoms with Crippen molar-refractivity contribution in [2.24, 2.45) is 5.92 Å². The van der Waals surface area contributed by atoms with E-state index in [0.717, 1.165) is 43.5 Å². The van der Waals surface area contributed by atoms with Crippen LogP contribution in [0.2, 0.25) is 5.02 Å². The first-order valence-corrected chi connectivity index (χ1v) is 10.2. The standard InChI is InChI=1S/C21H25ClN4O2/c1-14-18(12-24-25-14)19(27)26-10-2-3-15(13-26)11-23-20(28)21(8-9-21)16-4-6-17(22)7-5-16/h4-7,12,15H,2-3,8-11,13H2,1H3,(H,23,28)(H,24,25)/t15-/m1/s1. The van der Waals surface area contributed by atoms with E-state index in [-0.39, 0.29) is 17.7 Å². The Bertz CT molecular complexity index is 873. The second-order valence-electron chi connectivity index (χ2n) is 7.97. The van der Waals surface area contributed by atoms with Crippen molar-refractivity contribution in [3.63, 3.8) is 0 Å². The van der Waals surface area contributed by atoms with E-state index in [4.69, 9.17) is 11.6 Å². The summed E-state index contributed by atoms with van der Waals surface area (Å²) in [6, 6.07) is 7.58. The summed E-state index contributed by atoms with van der Waals surface area (Å²) in [5.74, 6) is 0.376. The second-order valence-corrected chi connectivity index (χ2v) is 8.40. The average molecular weight is 401 g/mol. The minimum absolute atomic E-state index is 0.0158. The van der Waals surface area contributed by atoms with Crippen LogP contribution >= 0.6 is 11.6 Å². The van der Waals surface area contributed by atoms with Crippen LogP contribution in [0.3, 0.4) is 0 Å². The average Bonchev–Trinajstić information content (AvgIpc) is 3.41. The van der Waals surface area contributed by atoms with Gasteiger partial charge in [-0.05, 0) is 56.2 Å². The molecule has 0 radical (unpaired) electrons. The minimum Gasteiger partial charge on any atom is -0.355 e. The van der Waals surface area contributed by atoms with E-state index in [1.807, 2.05) is 36.1 Å². The van der Waals surface area contributed by atoms with Gasteiger partial charge in [0.1, 0.15) is 0 Å². The van der Waals surface area contributed by atoms with Crippen LogP contribution in [0.25, 0.3) is 0 Å². The number of carbonyl (C=O) groups is 2. The molecule has 6 nitrogen and oxygen atoms in total. The highest BCUT2D eigenvalue weighted by atomic mass is 35.5. The molecule has 2 heterocycles. The SMILES string of the molecule is Cc1[nH]ncc1C(=O)N1CCC[C@H](CNC(=O)C2(c3ccc(Cl)cc3)CC2)C1. The van der Waals surface area contributed by atoms with Gasteiger partial charge in [-0.15, -0.1) is 0 Å². The van der Waals surface area contributed by atoms with Crippen LogP contribution in [0.1, 0.15) is 47.3 Å². The Hall–Kier alpha value is -2.34. The van der Waals surface area contributed by atoms with Gasteiger partial charge in [0.2, 0.25) is 5.91 Å². The lowest BCUT2D eigenvalue weighted by Crippen LogP contribution is -2.45. The number of halogens is 1. The minimum atomic E-state index is -0.400. The number of carbonyl (C=O) groups excluding carboxylic acids is 2. The fourth-order valence-corrected chi connectivity index (χ4v) is 4.23. The third kappa shape index (κ3) is 3.65. The fraction of sp³-hybridized carbons (Fsp3) is 0.476. The zero-order chi connectivity index (χ0) is 19.7. The topological polar surface area (TPSA) is 78.1 Å². The molecule has 1 aromatic carbocycles.